The maximum absolute atomic E-state index is 13.6. The number of aryl methyl sites for hydroxylation is 2. The minimum atomic E-state index is 0.0191. The van der Waals surface area contributed by atoms with E-state index in [1.165, 1.54) is 10.4 Å². The Morgan fingerprint density at radius 2 is 1.96 bits per heavy atom. The van der Waals surface area contributed by atoms with Crippen molar-refractivity contribution in [2.45, 2.75) is 25.8 Å². The third-order valence-corrected chi connectivity index (χ3v) is 6.44. The third-order valence-electron chi connectivity index (χ3n) is 5.25. The Hall–Kier alpha value is -3.23. The van der Waals surface area contributed by atoms with Gasteiger partial charge in [0.05, 0.1) is 23.6 Å². The maximum Gasteiger partial charge on any atom is 0.263 e. The van der Waals surface area contributed by atoms with Crippen LogP contribution in [0, 0.1) is 11.3 Å². The summed E-state index contributed by atoms with van der Waals surface area (Å²) in [4.78, 5) is 20.6. The fraction of sp³-hybridized carbons (Fsp3) is 0.174. The van der Waals surface area contributed by atoms with Crippen LogP contribution in [-0.4, -0.2) is 9.55 Å². The molecule has 0 aliphatic heterocycles. The van der Waals surface area contributed by atoms with Gasteiger partial charge in [-0.05, 0) is 42.5 Å². The van der Waals surface area contributed by atoms with Crippen molar-refractivity contribution < 1.29 is 0 Å². The molecule has 0 radical (unpaired) electrons. The number of fused-ring (bicyclic) bond motifs is 3. The fourth-order valence-corrected chi connectivity index (χ4v) is 5.20. The Labute approximate surface area is 166 Å². The van der Waals surface area contributed by atoms with Gasteiger partial charge in [-0.15, -0.1) is 11.3 Å². The molecule has 0 amide bonds. The number of thiophene rings is 1. The van der Waals surface area contributed by atoms with Crippen LogP contribution in [0.1, 0.15) is 28.0 Å². The summed E-state index contributed by atoms with van der Waals surface area (Å²) < 4.78 is 1.76. The monoisotopic (exact) mass is 383 g/mol. The number of hydrogen-bond acceptors (Lipinski definition) is 4. The molecule has 0 saturated heterocycles. The first-order valence-electron chi connectivity index (χ1n) is 9.34. The Morgan fingerprint density at radius 1 is 1.11 bits per heavy atom. The molecule has 0 N–H and O–H groups in total. The number of nitrogens with zero attached hydrogens (tertiary/aromatic N) is 3. The second-order valence-corrected chi connectivity index (χ2v) is 8.13. The summed E-state index contributed by atoms with van der Waals surface area (Å²) >= 11 is 1.66. The Kier molecular flexibility index (Phi) is 4.07. The zero-order chi connectivity index (χ0) is 19.1. The molecule has 2 aromatic carbocycles. The van der Waals surface area contributed by atoms with Crippen LogP contribution in [0.4, 0.5) is 0 Å². The molecule has 0 spiro atoms. The number of rotatable bonds is 3. The Balaban J connectivity index is 1.76. The Bertz CT molecular complexity index is 1300. The summed E-state index contributed by atoms with van der Waals surface area (Å²) in [7, 11) is 0. The van der Waals surface area contributed by atoms with Crippen molar-refractivity contribution in [2.75, 3.05) is 0 Å². The molecule has 2 aromatic heterocycles. The molecule has 0 saturated carbocycles. The van der Waals surface area contributed by atoms with Gasteiger partial charge in [0.25, 0.3) is 5.56 Å². The van der Waals surface area contributed by atoms with Crippen molar-refractivity contribution >= 4 is 21.6 Å². The quantitative estimate of drug-likeness (QED) is 0.522. The predicted molar refractivity (Wildman–Crippen MR) is 112 cm³/mol. The smallest absolute Gasteiger partial charge is 0.263 e. The van der Waals surface area contributed by atoms with Gasteiger partial charge in [-0.3, -0.25) is 9.36 Å². The van der Waals surface area contributed by atoms with E-state index in [1.807, 2.05) is 48.5 Å². The van der Waals surface area contributed by atoms with Crippen LogP contribution in [0.5, 0.6) is 0 Å². The highest BCUT2D eigenvalue weighted by atomic mass is 32.1. The summed E-state index contributed by atoms with van der Waals surface area (Å²) in [5.41, 5.74) is 3.65. The van der Waals surface area contributed by atoms with E-state index in [2.05, 4.69) is 6.07 Å². The highest BCUT2D eigenvalue weighted by molar-refractivity contribution is 7.18. The molecular formula is C23H17N3OS. The van der Waals surface area contributed by atoms with Crippen LogP contribution in [0.25, 0.3) is 21.6 Å². The van der Waals surface area contributed by atoms with E-state index in [-0.39, 0.29) is 5.56 Å². The van der Waals surface area contributed by atoms with Crippen LogP contribution in [0.15, 0.2) is 59.4 Å². The lowest BCUT2D eigenvalue weighted by Crippen LogP contribution is -2.24. The Morgan fingerprint density at radius 3 is 2.79 bits per heavy atom. The van der Waals surface area contributed by atoms with Gasteiger partial charge in [-0.25, -0.2) is 4.98 Å². The number of nitriles is 1. The second-order valence-electron chi connectivity index (χ2n) is 7.04. The van der Waals surface area contributed by atoms with E-state index in [9.17, 15) is 10.1 Å². The number of hydrogen-bond donors (Lipinski definition) is 0. The van der Waals surface area contributed by atoms with Gasteiger partial charge in [0.1, 0.15) is 10.7 Å². The van der Waals surface area contributed by atoms with Crippen molar-refractivity contribution in [1.82, 2.24) is 9.55 Å². The molecule has 0 fully saturated rings. The van der Waals surface area contributed by atoms with Gasteiger partial charge in [0.2, 0.25) is 0 Å². The van der Waals surface area contributed by atoms with E-state index in [1.54, 1.807) is 22.0 Å². The van der Waals surface area contributed by atoms with Crippen molar-refractivity contribution in [3.05, 3.63) is 86.5 Å². The van der Waals surface area contributed by atoms with Crippen molar-refractivity contribution in [2.24, 2.45) is 0 Å². The first-order chi connectivity index (χ1) is 13.7. The van der Waals surface area contributed by atoms with E-state index in [0.29, 0.717) is 17.9 Å². The maximum atomic E-state index is 13.6. The SMILES string of the molecule is N#Cc1cccc(Cn2c(-c3ccccc3)nc3sc4c(c3c2=O)CCC4)c1. The van der Waals surface area contributed by atoms with Crippen LogP contribution in [0.3, 0.4) is 0 Å². The first kappa shape index (κ1) is 16.9. The molecule has 0 atom stereocenters. The van der Waals surface area contributed by atoms with E-state index >= 15 is 0 Å². The molecule has 5 rings (SSSR count). The van der Waals surface area contributed by atoms with Crippen molar-refractivity contribution in [1.29, 1.82) is 5.26 Å². The molecule has 5 heteroatoms. The molecule has 2 heterocycles. The molecule has 1 aliphatic rings. The van der Waals surface area contributed by atoms with E-state index in [0.717, 1.165) is 40.6 Å². The van der Waals surface area contributed by atoms with Crippen LogP contribution in [0.2, 0.25) is 0 Å². The third kappa shape index (κ3) is 2.74. The largest absolute Gasteiger partial charge is 0.288 e. The van der Waals surface area contributed by atoms with Crippen LogP contribution >= 0.6 is 11.3 Å². The topological polar surface area (TPSA) is 58.7 Å². The lowest BCUT2D eigenvalue weighted by molar-refractivity contribution is 0.759. The summed E-state index contributed by atoms with van der Waals surface area (Å²) in [5, 5.41) is 9.99. The summed E-state index contributed by atoms with van der Waals surface area (Å²) in [6.45, 7) is 0.395. The van der Waals surface area contributed by atoms with E-state index < -0.39 is 0 Å². The normalized spacial score (nSPS) is 12.8. The lowest BCUT2D eigenvalue weighted by Gasteiger charge is -2.13. The summed E-state index contributed by atoms with van der Waals surface area (Å²) in [6, 6.07) is 19.4. The minimum absolute atomic E-state index is 0.0191. The standard InChI is InChI=1S/C23H17N3OS/c24-13-15-6-4-7-16(12-15)14-26-21(17-8-2-1-3-9-17)25-22-20(23(26)27)18-10-5-11-19(18)28-22/h1-4,6-9,12H,5,10-11,14H2. The van der Waals surface area contributed by atoms with Gasteiger partial charge in [0, 0.05) is 10.4 Å². The molecule has 0 bridgehead atoms. The minimum Gasteiger partial charge on any atom is -0.288 e. The summed E-state index contributed by atoms with van der Waals surface area (Å²) in [5.74, 6) is 0.681. The zero-order valence-corrected chi connectivity index (χ0v) is 16.0. The average Bonchev–Trinajstić information content (AvgIpc) is 3.31. The van der Waals surface area contributed by atoms with Gasteiger partial charge in [0.15, 0.2) is 0 Å². The van der Waals surface area contributed by atoms with Crippen molar-refractivity contribution in [3.8, 4) is 17.5 Å². The van der Waals surface area contributed by atoms with Crippen LogP contribution in [-0.2, 0) is 19.4 Å². The molecular weight excluding hydrogens is 366 g/mol. The average molecular weight is 383 g/mol. The zero-order valence-electron chi connectivity index (χ0n) is 15.2. The second kappa shape index (κ2) is 6.74. The highest BCUT2D eigenvalue weighted by Crippen LogP contribution is 2.35. The number of aromatic nitrogens is 2. The molecule has 4 aromatic rings. The van der Waals surface area contributed by atoms with Gasteiger partial charge >= 0.3 is 0 Å². The van der Waals surface area contributed by atoms with Crippen LogP contribution < -0.4 is 5.56 Å². The lowest BCUT2D eigenvalue weighted by atomic mass is 10.1. The van der Waals surface area contributed by atoms with Gasteiger partial charge in [-0.2, -0.15) is 5.26 Å². The van der Waals surface area contributed by atoms with Gasteiger partial charge in [-0.1, -0.05) is 42.5 Å². The van der Waals surface area contributed by atoms with Crippen molar-refractivity contribution in [3.63, 3.8) is 0 Å². The molecule has 1 aliphatic carbocycles. The predicted octanol–water partition coefficient (Wildman–Crippen LogP) is 4.53. The summed E-state index contributed by atoms with van der Waals surface area (Å²) in [6.07, 6.45) is 3.11. The molecule has 0 unspecified atom stereocenters. The molecule has 4 nitrogen and oxygen atoms in total. The van der Waals surface area contributed by atoms with Gasteiger partial charge < -0.3 is 0 Å². The highest BCUT2D eigenvalue weighted by Gasteiger charge is 2.23. The first-order valence-corrected chi connectivity index (χ1v) is 10.2. The molecule has 28 heavy (non-hydrogen) atoms. The fourth-order valence-electron chi connectivity index (χ4n) is 3.95. The molecule has 136 valence electrons. The van der Waals surface area contributed by atoms with E-state index in [4.69, 9.17) is 4.98 Å². The number of benzene rings is 2.